The van der Waals surface area contributed by atoms with Crippen molar-refractivity contribution in [1.29, 1.82) is 0 Å². The summed E-state index contributed by atoms with van der Waals surface area (Å²) in [5, 5.41) is 7.71. The number of ether oxygens (including phenoxy) is 1. The van der Waals surface area contributed by atoms with Gasteiger partial charge in [-0.05, 0) is 30.3 Å². The fourth-order valence-electron chi connectivity index (χ4n) is 2.52. The molecule has 3 rings (SSSR count). The van der Waals surface area contributed by atoms with Crippen molar-refractivity contribution in [3.63, 3.8) is 0 Å². The number of hydrogen-bond acceptors (Lipinski definition) is 5. The van der Waals surface area contributed by atoms with Gasteiger partial charge in [0.05, 0.1) is 7.11 Å². The Kier molecular flexibility index (Phi) is 4.36. The Bertz CT molecular complexity index is 667. The number of halogens is 1. The maximum atomic E-state index is 13.0. The van der Waals surface area contributed by atoms with Crippen molar-refractivity contribution >= 4 is 11.6 Å². The second kappa shape index (κ2) is 6.60. The summed E-state index contributed by atoms with van der Waals surface area (Å²) < 4.78 is 17.9. The fourth-order valence-corrected chi connectivity index (χ4v) is 2.52. The molecule has 0 bridgehead atoms. The first-order chi connectivity index (χ1) is 11.2. The lowest BCUT2D eigenvalue weighted by atomic mass is 10.2. The molecule has 0 saturated carbocycles. The van der Waals surface area contributed by atoms with Crippen LogP contribution in [0, 0.1) is 5.82 Å². The molecule has 0 spiro atoms. The van der Waals surface area contributed by atoms with Crippen LogP contribution in [0.2, 0.25) is 0 Å². The third kappa shape index (κ3) is 3.39. The number of methoxy groups -OCH3 is 1. The predicted octanol–water partition coefficient (Wildman–Crippen LogP) is 1.59. The van der Waals surface area contributed by atoms with E-state index in [1.54, 1.807) is 29.2 Å². The number of benzene rings is 1. The molecule has 2 heterocycles. The van der Waals surface area contributed by atoms with Crippen molar-refractivity contribution in [2.45, 2.75) is 0 Å². The predicted molar refractivity (Wildman–Crippen MR) is 83.1 cm³/mol. The van der Waals surface area contributed by atoms with Crippen LogP contribution in [0.4, 0.5) is 10.1 Å². The number of aromatic nitrogens is 2. The zero-order valence-electron chi connectivity index (χ0n) is 12.8. The topological polar surface area (TPSA) is 58.6 Å². The number of amides is 1. The maximum absolute atomic E-state index is 13.0. The molecule has 1 saturated heterocycles. The van der Waals surface area contributed by atoms with E-state index in [2.05, 4.69) is 15.1 Å². The lowest BCUT2D eigenvalue weighted by Crippen LogP contribution is -2.49. The van der Waals surface area contributed by atoms with Crippen molar-refractivity contribution in [3.8, 4) is 5.88 Å². The van der Waals surface area contributed by atoms with Gasteiger partial charge in [0.15, 0.2) is 5.69 Å². The van der Waals surface area contributed by atoms with Crippen LogP contribution in [-0.2, 0) is 0 Å². The minimum Gasteiger partial charge on any atom is -0.480 e. The number of rotatable bonds is 3. The smallest absolute Gasteiger partial charge is 0.274 e. The normalized spacial score (nSPS) is 14.7. The largest absolute Gasteiger partial charge is 0.480 e. The first-order valence-corrected chi connectivity index (χ1v) is 7.35. The van der Waals surface area contributed by atoms with Crippen molar-refractivity contribution in [3.05, 3.63) is 47.9 Å². The van der Waals surface area contributed by atoms with E-state index in [1.165, 1.54) is 19.2 Å². The van der Waals surface area contributed by atoms with Gasteiger partial charge >= 0.3 is 0 Å². The van der Waals surface area contributed by atoms with Gasteiger partial charge in [-0.1, -0.05) is 0 Å². The van der Waals surface area contributed by atoms with Crippen LogP contribution in [0.25, 0.3) is 0 Å². The number of anilines is 1. The van der Waals surface area contributed by atoms with Crippen molar-refractivity contribution < 1.29 is 13.9 Å². The maximum Gasteiger partial charge on any atom is 0.274 e. The summed E-state index contributed by atoms with van der Waals surface area (Å²) >= 11 is 0. The molecule has 1 aromatic carbocycles. The van der Waals surface area contributed by atoms with Crippen molar-refractivity contribution in [2.24, 2.45) is 0 Å². The van der Waals surface area contributed by atoms with Crippen molar-refractivity contribution in [1.82, 2.24) is 15.1 Å². The Morgan fingerprint density at radius 3 is 2.30 bits per heavy atom. The van der Waals surface area contributed by atoms with Crippen molar-refractivity contribution in [2.75, 3.05) is 38.2 Å². The van der Waals surface area contributed by atoms with Gasteiger partial charge in [-0.15, -0.1) is 10.2 Å². The quantitative estimate of drug-likeness (QED) is 0.860. The van der Waals surface area contributed by atoms with Gasteiger partial charge in [0, 0.05) is 37.9 Å². The van der Waals surface area contributed by atoms with E-state index >= 15 is 0 Å². The molecule has 0 atom stereocenters. The summed E-state index contributed by atoms with van der Waals surface area (Å²) in [6.07, 6.45) is 0. The van der Waals surface area contributed by atoms with Crippen LogP contribution in [0.5, 0.6) is 5.88 Å². The lowest BCUT2D eigenvalue weighted by Gasteiger charge is -2.35. The number of hydrogen-bond donors (Lipinski definition) is 0. The van der Waals surface area contributed by atoms with Crippen LogP contribution < -0.4 is 9.64 Å². The summed E-state index contributed by atoms with van der Waals surface area (Å²) in [5.74, 6) is -0.0118. The van der Waals surface area contributed by atoms with E-state index in [0.29, 0.717) is 37.8 Å². The summed E-state index contributed by atoms with van der Waals surface area (Å²) in [5.41, 5.74) is 1.27. The van der Waals surface area contributed by atoms with E-state index in [1.807, 2.05) is 0 Å². The van der Waals surface area contributed by atoms with E-state index < -0.39 is 0 Å². The van der Waals surface area contributed by atoms with Gasteiger partial charge in [0.25, 0.3) is 5.91 Å². The summed E-state index contributed by atoms with van der Waals surface area (Å²) in [4.78, 5) is 16.3. The molecule has 0 radical (unpaired) electrons. The van der Waals surface area contributed by atoms with Gasteiger partial charge in [0.2, 0.25) is 5.88 Å². The van der Waals surface area contributed by atoms with Crippen LogP contribution >= 0.6 is 0 Å². The molecular formula is C16H17FN4O2. The molecule has 0 aliphatic carbocycles. The minimum absolute atomic E-state index is 0.140. The molecule has 0 N–H and O–H groups in total. The Morgan fingerprint density at radius 2 is 1.74 bits per heavy atom. The Balaban J connectivity index is 1.61. The third-order valence-corrected chi connectivity index (χ3v) is 3.83. The highest BCUT2D eigenvalue weighted by Gasteiger charge is 2.23. The molecule has 120 valence electrons. The van der Waals surface area contributed by atoms with E-state index in [9.17, 15) is 9.18 Å². The first-order valence-electron chi connectivity index (χ1n) is 7.35. The van der Waals surface area contributed by atoms with Gasteiger partial charge in [0.1, 0.15) is 5.82 Å². The molecule has 1 aliphatic heterocycles. The zero-order chi connectivity index (χ0) is 16.2. The van der Waals surface area contributed by atoms with Crippen LogP contribution in [-0.4, -0.2) is 54.3 Å². The molecule has 0 unspecified atom stereocenters. The Hall–Kier alpha value is -2.70. The highest BCUT2D eigenvalue weighted by atomic mass is 19.1. The van der Waals surface area contributed by atoms with Gasteiger partial charge in [-0.2, -0.15) is 0 Å². The molecule has 6 nitrogen and oxygen atoms in total. The zero-order valence-corrected chi connectivity index (χ0v) is 12.8. The number of nitrogens with zero attached hydrogens (tertiary/aromatic N) is 4. The van der Waals surface area contributed by atoms with Gasteiger partial charge in [-0.3, -0.25) is 4.79 Å². The monoisotopic (exact) mass is 316 g/mol. The van der Waals surface area contributed by atoms with E-state index in [4.69, 9.17) is 4.74 Å². The average molecular weight is 316 g/mol. The summed E-state index contributed by atoms with van der Waals surface area (Å²) in [6.45, 7) is 2.57. The molecule has 7 heteroatoms. The highest BCUT2D eigenvalue weighted by molar-refractivity contribution is 5.92. The molecule has 1 aliphatic rings. The first kappa shape index (κ1) is 15.2. The second-order valence-corrected chi connectivity index (χ2v) is 5.22. The highest BCUT2D eigenvalue weighted by Crippen LogP contribution is 2.17. The minimum atomic E-state index is -0.249. The molecule has 1 amide bonds. The van der Waals surface area contributed by atoms with E-state index in [-0.39, 0.29) is 11.7 Å². The fraction of sp³-hybridized carbons (Fsp3) is 0.312. The van der Waals surface area contributed by atoms with Gasteiger partial charge in [-0.25, -0.2) is 4.39 Å². The summed E-state index contributed by atoms with van der Waals surface area (Å²) in [6, 6.07) is 9.62. The molecule has 2 aromatic rings. The number of carbonyl (C=O) groups is 1. The molecule has 1 fully saturated rings. The lowest BCUT2D eigenvalue weighted by molar-refractivity contribution is 0.0739. The Morgan fingerprint density at radius 1 is 1.04 bits per heavy atom. The van der Waals surface area contributed by atoms with Crippen LogP contribution in [0.3, 0.4) is 0 Å². The number of piperazine rings is 1. The second-order valence-electron chi connectivity index (χ2n) is 5.22. The molecule has 23 heavy (non-hydrogen) atoms. The van der Waals surface area contributed by atoms with Gasteiger partial charge < -0.3 is 14.5 Å². The van der Waals surface area contributed by atoms with E-state index in [0.717, 1.165) is 5.69 Å². The standard InChI is InChI=1S/C16H17FN4O2/c1-23-15-7-6-14(18-19-15)16(22)21-10-8-20(9-11-21)13-4-2-12(17)3-5-13/h2-7H,8-11H2,1H3. The van der Waals surface area contributed by atoms with Crippen LogP contribution in [0.15, 0.2) is 36.4 Å². The molecular weight excluding hydrogens is 299 g/mol. The van der Waals surface area contributed by atoms with Crippen LogP contribution in [0.1, 0.15) is 10.5 Å². The molecule has 1 aromatic heterocycles. The SMILES string of the molecule is COc1ccc(C(=O)N2CCN(c3ccc(F)cc3)CC2)nn1. The average Bonchev–Trinajstić information content (AvgIpc) is 2.62. The Labute approximate surface area is 133 Å². The summed E-state index contributed by atoms with van der Waals surface area (Å²) in [7, 11) is 1.50. The number of carbonyl (C=O) groups excluding carboxylic acids is 1. The third-order valence-electron chi connectivity index (χ3n) is 3.83.